The quantitative estimate of drug-likeness (QED) is 0.905. The first-order valence-corrected chi connectivity index (χ1v) is 7.52. The van der Waals surface area contributed by atoms with Gasteiger partial charge < -0.3 is 10.1 Å². The maximum atomic E-state index is 5.41. The van der Waals surface area contributed by atoms with Crippen LogP contribution in [0.15, 0.2) is 28.7 Å². The summed E-state index contributed by atoms with van der Waals surface area (Å²) in [7, 11) is 1.82. The first-order valence-electron chi connectivity index (χ1n) is 6.73. The van der Waals surface area contributed by atoms with Gasteiger partial charge in [-0.1, -0.05) is 28.1 Å². The number of hydrogen-bond acceptors (Lipinski definition) is 2. The molecule has 18 heavy (non-hydrogen) atoms. The van der Waals surface area contributed by atoms with Crippen LogP contribution >= 0.6 is 15.9 Å². The second kappa shape index (κ2) is 6.69. The van der Waals surface area contributed by atoms with Gasteiger partial charge in [-0.15, -0.1) is 0 Å². The van der Waals surface area contributed by atoms with E-state index >= 15 is 0 Å². The van der Waals surface area contributed by atoms with Crippen LogP contribution in [0.2, 0.25) is 0 Å². The molecule has 1 unspecified atom stereocenters. The highest BCUT2D eigenvalue weighted by Gasteiger charge is 2.21. The van der Waals surface area contributed by atoms with Gasteiger partial charge in [0.05, 0.1) is 6.10 Å². The van der Waals surface area contributed by atoms with Crippen molar-refractivity contribution in [2.45, 2.75) is 50.8 Å². The maximum absolute atomic E-state index is 5.41. The summed E-state index contributed by atoms with van der Waals surface area (Å²) in [4.78, 5) is 0. The molecule has 2 nitrogen and oxygen atoms in total. The SMILES string of the molecule is COC1CCC(NC(C)c2ccc(Br)cc2)CC1. The fraction of sp³-hybridized carbons (Fsp3) is 0.600. The fourth-order valence-corrected chi connectivity index (χ4v) is 2.93. The molecule has 0 amide bonds. The monoisotopic (exact) mass is 311 g/mol. The molecule has 0 radical (unpaired) electrons. The fourth-order valence-electron chi connectivity index (χ4n) is 2.67. The minimum Gasteiger partial charge on any atom is -0.381 e. The zero-order valence-electron chi connectivity index (χ0n) is 11.2. The lowest BCUT2D eigenvalue weighted by molar-refractivity contribution is 0.0614. The number of benzene rings is 1. The molecule has 0 aromatic heterocycles. The molecule has 2 rings (SSSR count). The predicted octanol–water partition coefficient (Wildman–Crippen LogP) is 4.06. The van der Waals surface area contributed by atoms with Crippen LogP contribution in [0.3, 0.4) is 0 Å². The average molecular weight is 312 g/mol. The Kier molecular flexibility index (Phi) is 5.22. The Morgan fingerprint density at radius 2 is 1.78 bits per heavy atom. The molecule has 1 aliphatic rings. The van der Waals surface area contributed by atoms with Crippen molar-refractivity contribution in [2.75, 3.05) is 7.11 Å². The highest BCUT2D eigenvalue weighted by Crippen LogP contribution is 2.24. The van der Waals surface area contributed by atoms with Crippen LogP contribution in [-0.4, -0.2) is 19.3 Å². The van der Waals surface area contributed by atoms with Crippen LogP contribution in [0.25, 0.3) is 0 Å². The highest BCUT2D eigenvalue weighted by atomic mass is 79.9. The summed E-state index contributed by atoms with van der Waals surface area (Å²) in [5.74, 6) is 0. The zero-order valence-corrected chi connectivity index (χ0v) is 12.7. The first kappa shape index (κ1) is 14.0. The molecular formula is C15H22BrNO. The van der Waals surface area contributed by atoms with E-state index in [1.807, 2.05) is 7.11 Å². The summed E-state index contributed by atoms with van der Waals surface area (Å²) < 4.78 is 6.55. The number of hydrogen-bond donors (Lipinski definition) is 1. The number of methoxy groups -OCH3 is 1. The minimum atomic E-state index is 0.419. The second-order valence-corrected chi connectivity index (χ2v) is 6.06. The number of halogens is 1. The highest BCUT2D eigenvalue weighted by molar-refractivity contribution is 9.10. The first-order chi connectivity index (χ1) is 8.69. The molecule has 0 aliphatic heterocycles. The molecule has 3 heteroatoms. The van der Waals surface area contributed by atoms with Crippen molar-refractivity contribution < 1.29 is 4.74 Å². The predicted molar refractivity (Wildman–Crippen MR) is 78.7 cm³/mol. The van der Waals surface area contributed by atoms with Crippen LogP contribution in [0.4, 0.5) is 0 Å². The van der Waals surface area contributed by atoms with Gasteiger partial charge in [-0.25, -0.2) is 0 Å². The van der Waals surface area contributed by atoms with Crippen molar-refractivity contribution in [1.29, 1.82) is 0 Å². The Labute approximate surface area is 118 Å². The molecule has 0 saturated heterocycles. The average Bonchev–Trinajstić information content (AvgIpc) is 2.40. The van der Waals surface area contributed by atoms with Gasteiger partial charge in [0, 0.05) is 23.7 Å². The van der Waals surface area contributed by atoms with Gasteiger partial charge in [0.2, 0.25) is 0 Å². The van der Waals surface area contributed by atoms with E-state index in [2.05, 4.69) is 52.4 Å². The molecular weight excluding hydrogens is 290 g/mol. The molecule has 1 aliphatic carbocycles. The van der Waals surface area contributed by atoms with E-state index in [0.29, 0.717) is 18.2 Å². The number of rotatable bonds is 4. The van der Waals surface area contributed by atoms with E-state index in [-0.39, 0.29) is 0 Å². The zero-order chi connectivity index (χ0) is 13.0. The molecule has 0 bridgehead atoms. The Morgan fingerprint density at radius 3 is 2.33 bits per heavy atom. The molecule has 1 aromatic rings. The van der Waals surface area contributed by atoms with Crippen LogP contribution in [0, 0.1) is 0 Å². The van der Waals surface area contributed by atoms with Crippen LogP contribution in [0.1, 0.15) is 44.2 Å². The molecule has 1 saturated carbocycles. The van der Waals surface area contributed by atoms with Crippen molar-refractivity contribution in [3.63, 3.8) is 0 Å². The third kappa shape index (κ3) is 3.81. The topological polar surface area (TPSA) is 21.3 Å². The van der Waals surface area contributed by atoms with Crippen molar-refractivity contribution in [2.24, 2.45) is 0 Å². The Hall–Kier alpha value is -0.380. The van der Waals surface area contributed by atoms with E-state index in [1.54, 1.807) is 0 Å². The van der Waals surface area contributed by atoms with Crippen LogP contribution < -0.4 is 5.32 Å². The second-order valence-electron chi connectivity index (χ2n) is 5.15. The maximum Gasteiger partial charge on any atom is 0.0572 e. The minimum absolute atomic E-state index is 0.419. The Bertz CT molecular complexity index is 357. The van der Waals surface area contributed by atoms with Crippen LogP contribution in [0.5, 0.6) is 0 Å². The van der Waals surface area contributed by atoms with E-state index < -0.39 is 0 Å². The lowest BCUT2D eigenvalue weighted by Gasteiger charge is -2.30. The van der Waals surface area contributed by atoms with E-state index in [9.17, 15) is 0 Å². The van der Waals surface area contributed by atoms with E-state index in [4.69, 9.17) is 4.74 Å². The molecule has 1 atom stereocenters. The lowest BCUT2D eigenvalue weighted by Crippen LogP contribution is -2.36. The lowest BCUT2D eigenvalue weighted by atomic mass is 9.92. The van der Waals surface area contributed by atoms with Crippen molar-refractivity contribution >= 4 is 15.9 Å². The largest absolute Gasteiger partial charge is 0.381 e. The number of ether oxygens (including phenoxy) is 1. The standard InChI is InChI=1S/C15H22BrNO/c1-11(12-3-5-13(16)6-4-12)17-14-7-9-15(18-2)10-8-14/h3-6,11,14-15,17H,7-10H2,1-2H3. The molecule has 100 valence electrons. The van der Waals surface area contributed by atoms with Crippen molar-refractivity contribution in [1.82, 2.24) is 5.32 Å². The number of nitrogens with one attached hydrogen (secondary N) is 1. The van der Waals surface area contributed by atoms with Gasteiger partial charge in [0.25, 0.3) is 0 Å². The van der Waals surface area contributed by atoms with Crippen LogP contribution in [-0.2, 0) is 4.74 Å². The molecule has 1 aromatic carbocycles. The summed E-state index contributed by atoms with van der Waals surface area (Å²) in [6.07, 6.45) is 5.28. The van der Waals surface area contributed by atoms with Gasteiger partial charge in [-0.2, -0.15) is 0 Å². The smallest absolute Gasteiger partial charge is 0.0572 e. The normalized spacial score (nSPS) is 25.9. The summed E-state index contributed by atoms with van der Waals surface area (Å²) in [6.45, 7) is 2.24. The summed E-state index contributed by atoms with van der Waals surface area (Å²) in [5, 5.41) is 3.73. The molecule has 1 fully saturated rings. The van der Waals surface area contributed by atoms with E-state index in [0.717, 1.165) is 4.47 Å². The van der Waals surface area contributed by atoms with Gasteiger partial charge in [-0.05, 0) is 50.3 Å². The third-order valence-corrected chi connectivity index (χ3v) is 4.39. The van der Waals surface area contributed by atoms with Gasteiger partial charge in [-0.3, -0.25) is 0 Å². The molecule has 1 N–H and O–H groups in total. The molecule has 0 heterocycles. The van der Waals surface area contributed by atoms with Crippen molar-refractivity contribution in [3.05, 3.63) is 34.3 Å². The Balaban J connectivity index is 1.84. The summed E-state index contributed by atoms with van der Waals surface area (Å²) in [5.41, 5.74) is 1.35. The van der Waals surface area contributed by atoms with Gasteiger partial charge in [0.1, 0.15) is 0 Å². The van der Waals surface area contributed by atoms with Gasteiger partial charge >= 0.3 is 0 Å². The van der Waals surface area contributed by atoms with Crippen molar-refractivity contribution in [3.8, 4) is 0 Å². The Morgan fingerprint density at radius 1 is 1.17 bits per heavy atom. The summed E-state index contributed by atoms with van der Waals surface area (Å²) >= 11 is 3.47. The van der Waals surface area contributed by atoms with E-state index in [1.165, 1.54) is 31.2 Å². The third-order valence-electron chi connectivity index (χ3n) is 3.86. The molecule has 0 spiro atoms. The summed E-state index contributed by atoms with van der Waals surface area (Å²) in [6, 6.07) is 9.63. The van der Waals surface area contributed by atoms with Gasteiger partial charge in [0.15, 0.2) is 0 Å².